The number of hydrogen-bond donors (Lipinski definition) is 2. The maximum Gasteiger partial charge on any atom is 0.305 e. The maximum atomic E-state index is 11.2. The Morgan fingerprint density at radius 3 is 2.40 bits per heavy atom. The van der Waals surface area contributed by atoms with Crippen LogP contribution < -0.4 is 10.6 Å². The smallest absolute Gasteiger partial charge is 0.305 e. The van der Waals surface area contributed by atoms with Crippen LogP contribution in [0.4, 0.5) is 0 Å². The molecule has 0 atom stereocenters. The van der Waals surface area contributed by atoms with Crippen molar-refractivity contribution in [2.45, 2.75) is 25.7 Å². The Hall–Kier alpha value is -1.10. The van der Waals surface area contributed by atoms with Crippen molar-refractivity contribution in [1.82, 2.24) is 10.6 Å². The van der Waals surface area contributed by atoms with Crippen molar-refractivity contribution < 1.29 is 14.3 Å². The van der Waals surface area contributed by atoms with E-state index in [2.05, 4.69) is 15.4 Å². The second-order valence-electron chi connectivity index (χ2n) is 3.24. The van der Waals surface area contributed by atoms with Crippen LogP contribution in [-0.2, 0) is 14.3 Å². The van der Waals surface area contributed by atoms with Crippen LogP contribution in [0, 0.1) is 0 Å². The number of methoxy groups -OCH3 is 1. The SMILES string of the molecule is CNCCCC(=O)NCCCC(=O)OC. The van der Waals surface area contributed by atoms with E-state index in [0.717, 1.165) is 13.0 Å². The minimum Gasteiger partial charge on any atom is -0.469 e. The minimum atomic E-state index is -0.237. The van der Waals surface area contributed by atoms with Crippen molar-refractivity contribution in [1.29, 1.82) is 0 Å². The molecule has 0 bridgehead atoms. The lowest BCUT2D eigenvalue weighted by molar-refractivity contribution is -0.140. The zero-order chi connectivity index (χ0) is 11.5. The molecule has 0 aliphatic heterocycles. The molecule has 2 N–H and O–H groups in total. The van der Waals surface area contributed by atoms with E-state index in [-0.39, 0.29) is 11.9 Å². The highest BCUT2D eigenvalue weighted by molar-refractivity contribution is 5.75. The van der Waals surface area contributed by atoms with Crippen molar-refractivity contribution >= 4 is 11.9 Å². The molecular formula is C10H20N2O3. The summed E-state index contributed by atoms with van der Waals surface area (Å²) in [5.41, 5.74) is 0. The largest absolute Gasteiger partial charge is 0.469 e. The van der Waals surface area contributed by atoms with E-state index < -0.39 is 0 Å². The van der Waals surface area contributed by atoms with E-state index >= 15 is 0 Å². The van der Waals surface area contributed by atoms with Gasteiger partial charge in [0, 0.05) is 19.4 Å². The maximum absolute atomic E-state index is 11.2. The fourth-order valence-electron chi connectivity index (χ4n) is 1.08. The number of esters is 1. The first-order valence-corrected chi connectivity index (χ1v) is 5.18. The van der Waals surface area contributed by atoms with Crippen molar-refractivity contribution in [3.05, 3.63) is 0 Å². The van der Waals surface area contributed by atoms with Crippen molar-refractivity contribution in [3.63, 3.8) is 0 Å². The van der Waals surface area contributed by atoms with Gasteiger partial charge in [0.25, 0.3) is 0 Å². The summed E-state index contributed by atoms with van der Waals surface area (Å²) >= 11 is 0. The molecule has 0 aromatic rings. The molecular weight excluding hydrogens is 196 g/mol. The van der Waals surface area contributed by atoms with Gasteiger partial charge in [-0.15, -0.1) is 0 Å². The Morgan fingerprint density at radius 2 is 1.80 bits per heavy atom. The standard InChI is InChI=1S/C10H20N2O3/c1-11-7-3-5-9(13)12-8-4-6-10(14)15-2/h11H,3-8H2,1-2H3,(H,12,13). The number of rotatable bonds is 8. The van der Waals surface area contributed by atoms with E-state index in [1.165, 1.54) is 7.11 Å². The molecule has 0 rings (SSSR count). The molecule has 0 saturated carbocycles. The average molecular weight is 216 g/mol. The first-order chi connectivity index (χ1) is 7.20. The van der Waals surface area contributed by atoms with Gasteiger partial charge >= 0.3 is 5.97 Å². The molecule has 0 aliphatic carbocycles. The van der Waals surface area contributed by atoms with Gasteiger partial charge < -0.3 is 15.4 Å². The van der Waals surface area contributed by atoms with Crippen LogP contribution in [0.15, 0.2) is 0 Å². The van der Waals surface area contributed by atoms with Crippen LogP contribution in [0.3, 0.4) is 0 Å². The number of ether oxygens (including phenoxy) is 1. The topological polar surface area (TPSA) is 67.4 Å². The molecule has 5 nitrogen and oxygen atoms in total. The average Bonchev–Trinajstić information content (AvgIpc) is 2.24. The summed E-state index contributed by atoms with van der Waals surface area (Å²) in [7, 11) is 3.22. The molecule has 0 radical (unpaired) electrons. The summed E-state index contributed by atoms with van der Waals surface area (Å²) in [6.45, 7) is 1.38. The van der Waals surface area contributed by atoms with Crippen LogP contribution in [-0.4, -0.2) is 39.1 Å². The Kier molecular flexibility index (Phi) is 8.76. The van der Waals surface area contributed by atoms with Gasteiger partial charge in [-0.1, -0.05) is 0 Å². The van der Waals surface area contributed by atoms with Crippen molar-refractivity contribution in [2.24, 2.45) is 0 Å². The molecule has 0 fully saturated rings. The summed E-state index contributed by atoms with van der Waals surface area (Å²) in [6, 6.07) is 0. The highest BCUT2D eigenvalue weighted by Gasteiger charge is 2.02. The molecule has 0 aromatic carbocycles. The minimum absolute atomic E-state index is 0.0371. The fourth-order valence-corrected chi connectivity index (χ4v) is 1.08. The number of carbonyl (C=O) groups excluding carboxylic acids is 2. The van der Waals surface area contributed by atoms with E-state index in [0.29, 0.717) is 25.8 Å². The van der Waals surface area contributed by atoms with Crippen molar-refractivity contribution in [3.8, 4) is 0 Å². The Balaban J connectivity index is 3.27. The summed E-state index contributed by atoms with van der Waals surface area (Å²) in [5, 5.41) is 5.72. The van der Waals surface area contributed by atoms with E-state index in [9.17, 15) is 9.59 Å². The summed E-state index contributed by atoms with van der Waals surface area (Å²) < 4.78 is 4.48. The summed E-state index contributed by atoms with van der Waals surface area (Å²) in [6.07, 6.45) is 2.34. The van der Waals surface area contributed by atoms with Crippen LogP contribution >= 0.6 is 0 Å². The van der Waals surface area contributed by atoms with Gasteiger partial charge in [-0.2, -0.15) is 0 Å². The van der Waals surface area contributed by atoms with Gasteiger partial charge in [-0.3, -0.25) is 9.59 Å². The zero-order valence-electron chi connectivity index (χ0n) is 9.47. The number of nitrogens with one attached hydrogen (secondary N) is 2. The normalized spacial score (nSPS) is 9.73. The lowest BCUT2D eigenvalue weighted by Gasteiger charge is -2.04. The lowest BCUT2D eigenvalue weighted by Crippen LogP contribution is -2.25. The third-order valence-electron chi connectivity index (χ3n) is 1.94. The van der Waals surface area contributed by atoms with E-state index in [1.807, 2.05) is 7.05 Å². The van der Waals surface area contributed by atoms with Gasteiger partial charge in [0.05, 0.1) is 7.11 Å². The summed E-state index contributed by atoms with van der Waals surface area (Å²) in [4.78, 5) is 21.9. The van der Waals surface area contributed by atoms with Gasteiger partial charge in [-0.25, -0.2) is 0 Å². The second-order valence-corrected chi connectivity index (χ2v) is 3.24. The third-order valence-corrected chi connectivity index (χ3v) is 1.94. The van der Waals surface area contributed by atoms with Crippen molar-refractivity contribution in [2.75, 3.05) is 27.2 Å². The van der Waals surface area contributed by atoms with Gasteiger partial charge in [-0.05, 0) is 26.4 Å². The fraction of sp³-hybridized carbons (Fsp3) is 0.800. The zero-order valence-corrected chi connectivity index (χ0v) is 9.47. The lowest BCUT2D eigenvalue weighted by atomic mass is 10.2. The highest BCUT2D eigenvalue weighted by atomic mass is 16.5. The second kappa shape index (κ2) is 9.45. The van der Waals surface area contributed by atoms with Gasteiger partial charge in [0.2, 0.25) is 5.91 Å². The third kappa shape index (κ3) is 9.21. The molecule has 1 amide bonds. The highest BCUT2D eigenvalue weighted by Crippen LogP contribution is 1.91. The van der Waals surface area contributed by atoms with Gasteiger partial charge in [0.15, 0.2) is 0 Å². The molecule has 0 spiro atoms. The Morgan fingerprint density at radius 1 is 1.13 bits per heavy atom. The Labute approximate surface area is 90.6 Å². The van der Waals surface area contributed by atoms with Crippen LogP contribution in [0.1, 0.15) is 25.7 Å². The van der Waals surface area contributed by atoms with Crippen LogP contribution in [0.5, 0.6) is 0 Å². The molecule has 0 unspecified atom stereocenters. The van der Waals surface area contributed by atoms with E-state index in [1.54, 1.807) is 0 Å². The first-order valence-electron chi connectivity index (χ1n) is 5.18. The van der Waals surface area contributed by atoms with Gasteiger partial charge in [0.1, 0.15) is 0 Å². The predicted octanol–water partition coefficient (Wildman–Crippen LogP) is 0.0554. The molecule has 5 heteroatoms. The molecule has 15 heavy (non-hydrogen) atoms. The predicted molar refractivity (Wildman–Crippen MR) is 57.4 cm³/mol. The number of hydrogen-bond acceptors (Lipinski definition) is 4. The number of amides is 1. The monoisotopic (exact) mass is 216 g/mol. The molecule has 0 saturated heterocycles. The van der Waals surface area contributed by atoms with Crippen LogP contribution in [0.2, 0.25) is 0 Å². The molecule has 0 aliphatic rings. The van der Waals surface area contributed by atoms with Crippen LogP contribution in [0.25, 0.3) is 0 Å². The summed E-state index contributed by atoms with van der Waals surface area (Å²) in [5.74, 6) is -0.199. The molecule has 0 heterocycles. The molecule has 88 valence electrons. The quantitative estimate of drug-likeness (QED) is 0.444. The Bertz CT molecular complexity index is 195. The number of carbonyl (C=O) groups is 2. The van der Waals surface area contributed by atoms with E-state index in [4.69, 9.17) is 0 Å². The first kappa shape index (κ1) is 13.9. The molecule has 0 aromatic heterocycles.